The van der Waals surface area contributed by atoms with E-state index in [9.17, 15) is 13.2 Å². The molecule has 2 aromatic rings. The van der Waals surface area contributed by atoms with Crippen LogP contribution in [-0.4, -0.2) is 56.3 Å². The maximum atomic E-state index is 12.9. The van der Waals surface area contributed by atoms with E-state index >= 15 is 0 Å². The third-order valence-electron chi connectivity index (χ3n) is 4.76. The molecule has 0 radical (unpaired) electrons. The van der Waals surface area contributed by atoms with Crippen LogP contribution in [0.15, 0.2) is 53.4 Å². The molecular weight excluding hydrogens is 376 g/mol. The van der Waals surface area contributed by atoms with Crippen LogP contribution in [-0.2, 0) is 10.0 Å². The van der Waals surface area contributed by atoms with Gasteiger partial charge in [0.15, 0.2) is 0 Å². The molecule has 1 saturated heterocycles. The lowest BCUT2D eigenvalue weighted by atomic mass is 10.1. The summed E-state index contributed by atoms with van der Waals surface area (Å²) in [5.41, 5.74) is 1.11. The minimum absolute atomic E-state index is 0.154. The second-order valence-corrected chi connectivity index (χ2v) is 8.45. The first-order valence-corrected chi connectivity index (χ1v) is 10.5. The van der Waals surface area contributed by atoms with Crippen molar-refractivity contribution in [1.82, 2.24) is 9.21 Å². The third-order valence-corrected chi connectivity index (χ3v) is 6.66. The molecule has 1 amide bonds. The molecule has 1 aliphatic heterocycles. The van der Waals surface area contributed by atoms with Crippen LogP contribution in [0.25, 0.3) is 0 Å². The summed E-state index contributed by atoms with van der Waals surface area (Å²) in [5.74, 6) is -0.400. The van der Waals surface area contributed by atoms with Gasteiger partial charge in [-0.15, -0.1) is 0 Å². The average molecular weight is 398 g/mol. The van der Waals surface area contributed by atoms with Crippen molar-refractivity contribution in [3.8, 4) is 6.07 Å². The molecule has 0 aliphatic carbocycles. The molecule has 28 heavy (non-hydrogen) atoms. The zero-order valence-corrected chi connectivity index (χ0v) is 16.4. The molecule has 1 fully saturated rings. The number of nitrogens with zero attached hydrogens (tertiary/aromatic N) is 3. The lowest BCUT2D eigenvalue weighted by molar-refractivity contribution is 0.102. The van der Waals surface area contributed by atoms with E-state index in [1.54, 1.807) is 30.3 Å². The molecule has 1 heterocycles. The summed E-state index contributed by atoms with van der Waals surface area (Å²) >= 11 is 0. The van der Waals surface area contributed by atoms with Crippen molar-refractivity contribution >= 4 is 21.6 Å². The Bertz CT molecular complexity index is 1010. The van der Waals surface area contributed by atoms with E-state index in [0.717, 1.165) is 6.54 Å². The minimum atomic E-state index is -3.61. The first-order valence-electron chi connectivity index (χ1n) is 9.08. The molecule has 2 aromatic carbocycles. The second-order valence-electron chi connectivity index (χ2n) is 6.51. The molecule has 0 unspecified atom stereocenters. The lowest BCUT2D eigenvalue weighted by Crippen LogP contribution is -2.48. The van der Waals surface area contributed by atoms with E-state index in [1.165, 1.54) is 22.5 Å². The molecule has 0 saturated carbocycles. The van der Waals surface area contributed by atoms with E-state index in [-0.39, 0.29) is 4.90 Å². The monoisotopic (exact) mass is 398 g/mol. The van der Waals surface area contributed by atoms with Crippen molar-refractivity contribution in [2.24, 2.45) is 0 Å². The number of carbonyl (C=O) groups excluding carboxylic acids is 1. The Hall–Kier alpha value is -2.73. The van der Waals surface area contributed by atoms with Gasteiger partial charge in [0.05, 0.1) is 16.5 Å². The quantitative estimate of drug-likeness (QED) is 0.833. The normalized spacial score (nSPS) is 15.7. The Labute approximate surface area is 165 Å². The van der Waals surface area contributed by atoms with E-state index < -0.39 is 15.9 Å². The number of sulfonamides is 1. The summed E-state index contributed by atoms with van der Waals surface area (Å²) in [5, 5.41) is 11.7. The number of carbonyl (C=O) groups is 1. The van der Waals surface area contributed by atoms with Gasteiger partial charge in [-0.3, -0.25) is 4.79 Å². The Morgan fingerprint density at radius 3 is 2.50 bits per heavy atom. The maximum absolute atomic E-state index is 12.9. The smallest absolute Gasteiger partial charge is 0.255 e. The van der Waals surface area contributed by atoms with Crippen LogP contribution in [0.1, 0.15) is 22.8 Å². The number of nitrogens with one attached hydrogen (secondary N) is 1. The van der Waals surface area contributed by atoms with Crippen LogP contribution in [0.5, 0.6) is 0 Å². The zero-order valence-electron chi connectivity index (χ0n) is 15.6. The summed E-state index contributed by atoms with van der Waals surface area (Å²) in [7, 11) is -3.61. The fourth-order valence-electron chi connectivity index (χ4n) is 3.10. The van der Waals surface area contributed by atoms with Gasteiger partial charge in [-0.25, -0.2) is 8.42 Å². The standard InChI is InChI=1S/C20H22N4O3S/c1-2-23-9-11-24(12-10-23)28(26,27)19-8-4-7-18(14-19)22-20(25)17-6-3-5-16(13-17)15-21/h3-8,13-14H,2,9-12H2,1H3,(H,22,25). The Morgan fingerprint density at radius 2 is 1.82 bits per heavy atom. The third kappa shape index (κ3) is 4.39. The number of hydrogen-bond acceptors (Lipinski definition) is 5. The molecule has 7 nitrogen and oxygen atoms in total. The topological polar surface area (TPSA) is 93.5 Å². The van der Waals surface area contributed by atoms with Crippen LogP contribution >= 0.6 is 0 Å². The summed E-state index contributed by atoms with van der Waals surface area (Å²) in [6.07, 6.45) is 0. The summed E-state index contributed by atoms with van der Waals surface area (Å²) in [6.45, 7) is 5.29. The van der Waals surface area contributed by atoms with Gasteiger partial charge in [0.25, 0.3) is 5.91 Å². The van der Waals surface area contributed by atoms with Gasteiger partial charge in [-0.1, -0.05) is 19.1 Å². The number of amides is 1. The summed E-state index contributed by atoms with van der Waals surface area (Å²) < 4.78 is 27.3. The molecule has 146 valence electrons. The number of rotatable bonds is 5. The SMILES string of the molecule is CCN1CCN(S(=O)(=O)c2cccc(NC(=O)c3cccc(C#N)c3)c2)CC1. The molecule has 8 heteroatoms. The number of nitriles is 1. The molecule has 1 aliphatic rings. The van der Waals surface area contributed by atoms with Crippen LogP contribution < -0.4 is 5.32 Å². The lowest BCUT2D eigenvalue weighted by Gasteiger charge is -2.33. The molecule has 0 bridgehead atoms. The first kappa shape index (κ1) is 20.0. The van der Waals surface area contributed by atoms with Crippen LogP contribution in [0.4, 0.5) is 5.69 Å². The van der Waals surface area contributed by atoms with Crippen molar-refractivity contribution < 1.29 is 13.2 Å². The largest absolute Gasteiger partial charge is 0.322 e. The Kier molecular flexibility index (Phi) is 6.09. The predicted octanol–water partition coefficient (Wildman–Crippen LogP) is 2.14. The highest BCUT2D eigenvalue weighted by Crippen LogP contribution is 2.21. The van der Waals surface area contributed by atoms with Crippen molar-refractivity contribution in [2.45, 2.75) is 11.8 Å². The summed E-state index contributed by atoms with van der Waals surface area (Å²) in [6, 6.07) is 14.6. The van der Waals surface area contributed by atoms with Crippen molar-refractivity contribution in [3.63, 3.8) is 0 Å². The molecule has 0 aromatic heterocycles. The highest BCUT2D eigenvalue weighted by Gasteiger charge is 2.28. The zero-order chi connectivity index (χ0) is 20.1. The van der Waals surface area contributed by atoms with Gasteiger partial charge in [0.1, 0.15) is 0 Å². The molecule has 0 atom stereocenters. The maximum Gasteiger partial charge on any atom is 0.255 e. The summed E-state index contributed by atoms with van der Waals surface area (Å²) in [4.78, 5) is 14.8. The van der Waals surface area contributed by atoms with E-state index in [1.807, 2.05) is 6.07 Å². The number of hydrogen-bond donors (Lipinski definition) is 1. The number of anilines is 1. The Morgan fingerprint density at radius 1 is 1.11 bits per heavy atom. The van der Waals surface area contributed by atoms with E-state index in [4.69, 9.17) is 5.26 Å². The van der Waals surface area contributed by atoms with Gasteiger partial charge in [0, 0.05) is 37.4 Å². The highest BCUT2D eigenvalue weighted by atomic mass is 32.2. The molecular formula is C20H22N4O3S. The first-order chi connectivity index (χ1) is 13.4. The van der Waals surface area contributed by atoms with Crippen molar-refractivity contribution in [1.29, 1.82) is 5.26 Å². The van der Waals surface area contributed by atoms with Crippen LogP contribution in [0, 0.1) is 11.3 Å². The van der Waals surface area contributed by atoms with Gasteiger partial charge >= 0.3 is 0 Å². The molecule has 0 spiro atoms. The number of benzene rings is 2. The average Bonchev–Trinajstić information content (AvgIpc) is 2.74. The van der Waals surface area contributed by atoms with Crippen LogP contribution in [0.3, 0.4) is 0 Å². The van der Waals surface area contributed by atoms with Crippen molar-refractivity contribution in [2.75, 3.05) is 38.0 Å². The van der Waals surface area contributed by atoms with Gasteiger partial charge in [-0.05, 0) is 42.9 Å². The van der Waals surface area contributed by atoms with Gasteiger partial charge in [0.2, 0.25) is 10.0 Å². The predicted molar refractivity (Wildman–Crippen MR) is 106 cm³/mol. The van der Waals surface area contributed by atoms with E-state index in [2.05, 4.69) is 17.1 Å². The highest BCUT2D eigenvalue weighted by molar-refractivity contribution is 7.89. The number of likely N-dealkylation sites (N-methyl/N-ethyl adjacent to an activating group) is 1. The van der Waals surface area contributed by atoms with Crippen LogP contribution in [0.2, 0.25) is 0 Å². The van der Waals surface area contributed by atoms with Gasteiger partial charge in [-0.2, -0.15) is 9.57 Å². The van der Waals surface area contributed by atoms with Crippen molar-refractivity contribution in [3.05, 3.63) is 59.7 Å². The molecule has 1 N–H and O–H groups in total. The van der Waals surface area contributed by atoms with Gasteiger partial charge < -0.3 is 10.2 Å². The second kappa shape index (κ2) is 8.52. The number of piperazine rings is 1. The Balaban J connectivity index is 1.76. The molecule has 3 rings (SSSR count). The minimum Gasteiger partial charge on any atom is -0.322 e. The fraction of sp³-hybridized carbons (Fsp3) is 0.300. The fourth-order valence-corrected chi connectivity index (χ4v) is 4.57. The van der Waals surface area contributed by atoms with E-state index in [0.29, 0.717) is 43.0 Å².